The maximum atomic E-state index is 11.7. The van der Waals surface area contributed by atoms with Gasteiger partial charge < -0.3 is 10.2 Å². The molecule has 118 valence electrons. The van der Waals surface area contributed by atoms with Gasteiger partial charge in [0.15, 0.2) is 0 Å². The first kappa shape index (κ1) is 19.6. The van der Waals surface area contributed by atoms with Gasteiger partial charge in [0.05, 0.1) is 12.5 Å². The highest BCUT2D eigenvalue weighted by Gasteiger charge is 2.17. The van der Waals surface area contributed by atoms with Gasteiger partial charge in [0.2, 0.25) is 5.91 Å². The molecule has 1 atom stereocenters. The highest BCUT2D eigenvalue weighted by Crippen LogP contribution is 2.18. The van der Waals surface area contributed by atoms with Crippen LogP contribution in [0.25, 0.3) is 0 Å². The Balaban J connectivity index is 0.00000191. The SMILES string of the molecule is CC.CC(=O)C(CNCC(=O)N(C)C)c1ccc(Cl)cc1. The minimum Gasteiger partial charge on any atom is -0.348 e. The first-order valence-corrected chi connectivity index (χ1v) is 7.46. The number of amides is 1. The first-order chi connectivity index (χ1) is 9.91. The largest absolute Gasteiger partial charge is 0.348 e. The van der Waals surface area contributed by atoms with Crippen molar-refractivity contribution in [2.24, 2.45) is 0 Å². The van der Waals surface area contributed by atoms with Gasteiger partial charge in [-0.3, -0.25) is 9.59 Å². The summed E-state index contributed by atoms with van der Waals surface area (Å²) in [6, 6.07) is 7.20. The quantitative estimate of drug-likeness (QED) is 0.878. The van der Waals surface area contributed by atoms with Crippen LogP contribution in [0.4, 0.5) is 0 Å². The molecule has 0 radical (unpaired) electrons. The molecular formula is C16H25ClN2O2. The minimum atomic E-state index is -0.257. The van der Waals surface area contributed by atoms with Crippen molar-refractivity contribution in [2.75, 3.05) is 27.2 Å². The zero-order chi connectivity index (χ0) is 16.4. The highest BCUT2D eigenvalue weighted by molar-refractivity contribution is 6.30. The summed E-state index contributed by atoms with van der Waals surface area (Å²) in [6.45, 7) is 6.22. The van der Waals surface area contributed by atoms with Crippen molar-refractivity contribution in [3.05, 3.63) is 34.9 Å². The van der Waals surface area contributed by atoms with Gasteiger partial charge in [0.1, 0.15) is 5.78 Å². The van der Waals surface area contributed by atoms with Gasteiger partial charge in [-0.05, 0) is 24.6 Å². The zero-order valence-corrected chi connectivity index (χ0v) is 14.2. The van der Waals surface area contributed by atoms with Crippen LogP contribution in [0.2, 0.25) is 5.02 Å². The van der Waals surface area contributed by atoms with Crippen LogP contribution < -0.4 is 5.32 Å². The van der Waals surface area contributed by atoms with E-state index >= 15 is 0 Å². The topological polar surface area (TPSA) is 49.4 Å². The molecule has 0 saturated carbocycles. The van der Waals surface area contributed by atoms with E-state index in [2.05, 4.69) is 5.32 Å². The minimum absolute atomic E-state index is 0.0154. The molecule has 5 heteroatoms. The van der Waals surface area contributed by atoms with Crippen molar-refractivity contribution in [1.82, 2.24) is 10.2 Å². The Morgan fingerprint density at radius 2 is 1.71 bits per heavy atom. The number of halogens is 1. The predicted octanol–water partition coefficient (Wildman–Crippen LogP) is 2.72. The summed E-state index contributed by atoms with van der Waals surface area (Å²) in [6.07, 6.45) is 0. The van der Waals surface area contributed by atoms with Crippen molar-refractivity contribution in [1.29, 1.82) is 0 Å². The van der Waals surface area contributed by atoms with Crippen LogP contribution in [-0.2, 0) is 9.59 Å². The first-order valence-electron chi connectivity index (χ1n) is 7.08. The van der Waals surface area contributed by atoms with Gasteiger partial charge in [0, 0.05) is 25.7 Å². The van der Waals surface area contributed by atoms with Crippen LogP contribution in [-0.4, -0.2) is 43.8 Å². The number of likely N-dealkylation sites (N-methyl/N-ethyl adjacent to an activating group) is 1. The molecule has 0 fully saturated rings. The van der Waals surface area contributed by atoms with Crippen molar-refractivity contribution in [3.63, 3.8) is 0 Å². The predicted molar refractivity (Wildman–Crippen MR) is 87.8 cm³/mol. The smallest absolute Gasteiger partial charge is 0.236 e. The summed E-state index contributed by atoms with van der Waals surface area (Å²) >= 11 is 5.83. The number of nitrogens with one attached hydrogen (secondary N) is 1. The van der Waals surface area contributed by atoms with E-state index in [0.29, 0.717) is 11.6 Å². The summed E-state index contributed by atoms with van der Waals surface area (Å²) in [5.74, 6) is -0.210. The maximum absolute atomic E-state index is 11.7. The number of rotatable bonds is 6. The molecule has 0 saturated heterocycles. The number of Topliss-reactive ketones (excluding diaryl/α,β-unsaturated/α-hetero) is 1. The van der Waals surface area contributed by atoms with Crippen LogP contribution in [0, 0.1) is 0 Å². The number of hydrogen-bond acceptors (Lipinski definition) is 3. The van der Waals surface area contributed by atoms with E-state index in [0.717, 1.165) is 5.56 Å². The van der Waals surface area contributed by atoms with Gasteiger partial charge >= 0.3 is 0 Å². The third kappa shape index (κ3) is 7.25. The number of carbonyl (C=O) groups excluding carboxylic acids is 2. The van der Waals surface area contributed by atoms with E-state index < -0.39 is 0 Å². The zero-order valence-electron chi connectivity index (χ0n) is 13.4. The molecule has 1 unspecified atom stereocenters. The molecule has 21 heavy (non-hydrogen) atoms. The van der Waals surface area contributed by atoms with Crippen molar-refractivity contribution < 1.29 is 9.59 Å². The Labute approximate surface area is 132 Å². The third-order valence-electron chi connectivity index (χ3n) is 2.89. The fourth-order valence-electron chi connectivity index (χ4n) is 1.67. The highest BCUT2D eigenvalue weighted by atomic mass is 35.5. The van der Waals surface area contributed by atoms with Crippen LogP contribution in [0.3, 0.4) is 0 Å². The molecule has 0 spiro atoms. The summed E-state index contributed by atoms with van der Waals surface area (Å²) < 4.78 is 0. The van der Waals surface area contributed by atoms with E-state index in [-0.39, 0.29) is 24.2 Å². The molecule has 0 aliphatic heterocycles. The molecule has 0 bridgehead atoms. The monoisotopic (exact) mass is 312 g/mol. The summed E-state index contributed by atoms with van der Waals surface area (Å²) in [5, 5.41) is 3.66. The van der Waals surface area contributed by atoms with E-state index in [1.54, 1.807) is 33.2 Å². The lowest BCUT2D eigenvalue weighted by atomic mass is 9.95. The van der Waals surface area contributed by atoms with E-state index in [4.69, 9.17) is 11.6 Å². The van der Waals surface area contributed by atoms with Gasteiger partial charge in [0.25, 0.3) is 0 Å². The Hall–Kier alpha value is -1.39. The van der Waals surface area contributed by atoms with Crippen molar-refractivity contribution >= 4 is 23.3 Å². The normalized spacial score (nSPS) is 11.1. The fraction of sp³-hybridized carbons (Fsp3) is 0.500. The molecule has 4 nitrogen and oxygen atoms in total. The lowest BCUT2D eigenvalue weighted by Gasteiger charge is -2.16. The van der Waals surface area contributed by atoms with E-state index in [1.165, 1.54) is 4.90 Å². The third-order valence-corrected chi connectivity index (χ3v) is 3.14. The van der Waals surface area contributed by atoms with Crippen LogP contribution >= 0.6 is 11.6 Å². The lowest BCUT2D eigenvalue weighted by Crippen LogP contribution is -2.36. The molecule has 1 rings (SSSR count). The van der Waals surface area contributed by atoms with Crippen molar-refractivity contribution in [3.8, 4) is 0 Å². The molecule has 0 aliphatic carbocycles. The second-order valence-electron chi connectivity index (χ2n) is 4.63. The van der Waals surface area contributed by atoms with Gasteiger partial charge in [-0.1, -0.05) is 37.6 Å². The molecule has 1 aromatic rings. The van der Waals surface area contributed by atoms with Gasteiger partial charge in [-0.15, -0.1) is 0 Å². The van der Waals surface area contributed by atoms with Gasteiger partial charge in [-0.2, -0.15) is 0 Å². The van der Waals surface area contributed by atoms with Crippen LogP contribution in [0.15, 0.2) is 24.3 Å². The van der Waals surface area contributed by atoms with Crippen LogP contribution in [0.5, 0.6) is 0 Å². The maximum Gasteiger partial charge on any atom is 0.236 e. The van der Waals surface area contributed by atoms with Crippen molar-refractivity contribution in [2.45, 2.75) is 26.7 Å². The number of benzene rings is 1. The van der Waals surface area contributed by atoms with E-state index in [9.17, 15) is 9.59 Å². The van der Waals surface area contributed by atoms with Crippen LogP contribution in [0.1, 0.15) is 32.3 Å². The molecule has 0 aliphatic rings. The molecule has 1 N–H and O–H groups in total. The number of ketones is 1. The second-order valence-corrected chi connectivity index (χ2v) is 5.07. The van der Waals surface area contributed by atoms with Gasteiger partial charge in [-0.25, -0.2) is 0 Å². The van der Waals surface area contributed by atoms with E-state index in [1.807, 2.05) is 26.0 Å². The number of hydrogen-bond donors (Lipinski definition) is 1. The second kappa shape index (κ2) is 10.4. The Morgan fingerprint density at radius 1 is 1.19 bits per heavy atom. The average molecular weight is 313 g/mol. The lowest BCUT2D eigenvalue weighted by molar-refractivity contribution is -0.128. The molecule has 0 aromatic heterocycles. The molecule has 0 heterocycles. The number of carbonyl (C=O) groups is 2. The average Bonchev–Trinajstić information content (AvgIpc) is 2.46. The molecular weight excluding hydrogens is 288 g/mol. The standard InChI is InChI=1S/C14H19ClN2O2.C2H6/c1-10(18)13(8-16-9-14(19)17(2)3)11-4-6-12(15)7-5-11;1-2/h4-7,13,16H,8-9H2,1-3H3;1-2H3. The Kier molecular flexibility index (Phi) is 9.67. The summed E-state index contributed by atoms with van der Waals surface area (Å²) in [4.78, 5) is 24.6. The Morgan fingerprint density at radius 3 is 2.14 bits per heavy atom. The summed E-state index contributed by atoms with van der Waals surface area (Å²) in [5.41, 5.74) is 0.904. The molecule has 1 aromatic carbocycles. The fourth-order valence-corrected chi connectivity index (χ4v) is 1.80. The number of nitrogens with zero attached hydrogens (tertiary/aromatic N) is 1. The Bertz CT molecular complexity index is 444. The molecule has 1 amide bonds. The summed E-state index contributed by atoms with van der Waals surface area (Å²) in [7, 11) is 3.40.